The van der Waals surface area contributed by atoms with Gasteiger partial charge in [0.2, 0.25) is 10.0 Å². The average Bonchev–Trinajstić information content (AvgIpc) is 3.04. The molecule has 2 aromatic carbocycles. The molecule has 2 N–H and O–H groups in total. The van der Waals surface area contributed by atoms with Crippen LogP contribution in [0.5, 0.6) is 0 Å². The van der Waals surface area contributed by atoms with E-state index < -0.39 is 21.7 Å². The molecular weight excluding hydrogens is 479 g/mol. The molecule has 1 aromatic heterocycles. The van der Waals surface area contributed by atoms with E-state index in [0.717, 1.165) is 0 Å². The van der Waals surface area contributed by atoms with E-state index in [9.17, 15) is 22.4 Å². The Hall–Kier alpha value is -2.72. The summed E-state index contributed by atoms with van der Waals surface area (Å²) in [5, 5.41) is 3.00. The zero-order valence-electron chi connectivity index (χ0n) is 16.1. The Balaban J connectivity index is 2.11. The highest BCUT2D eigenvalue weighted by atomic mass is 79.9. The SMILES string of the molecule is CNC(=O)c1c(-c2ccc(F)cc2)oc2cc(NS(=O)(=O)CCC(C)=O)c(Br)cc12. The van der Waals surface area contributed by atoms with E-state index in [4.69, 9.17) is 4.42 Å². The lowest BCUT2D eigenvalue weighted by molar-refractivity contribution is -0.116. The van der Waals surface area contributed by atoms with Crippen molar-refractivity contribution in [2.45, 2.75) is 13.3 Å². The van der Waals surface area contributed by atoms with Crippen LogP contribution in [0.1, 0.15) is 23.7 Å². The largest absolute Gasteiger partial charge is 0.455 e. The molecule has 0 radical (unpaired) electrons. The number of benzene rings is 2. The summed E-state index contributed by atoms with van der Waals surface area (Å²) in [5.41, 5.74) is 1.20. The van der Waals surface area contributed by atoms with Crippen LogP contribution in [0, 0.1) is 5.82 Å². The molecule has 10 heteroatoms. The molecular formula is C20H18BrFN2O5S. The lowest BCUT2D eigenvalue weighted by atomic mass is 10.0. The second-order valence-electron chi connectivity index (χ2n) is 6.59. The Morgan fingerprint density at radius 2 is 1.83 bits per heavy atom. The van der Waals surface area contributed by atoms with E-state index in [2.05, 4.69) is 26.0 Å². The zero-order chi connectivity index (χ0) is 22.1. The first-order chi connectivity index (χ1) is 14.1. The van der Waals surface area contributed by atoms with Gasteiger partial charge in [0.1, 0.15) is 22.9 Å². The molecule has 0 aliphatic carbocycles. The highest BCUT2D eigenvalue weighted by Gasteiger charge is 2.23. The number of rotatable bonds is 7. The number of carbonyl (C=O) groups excluding carboxylic acids is 2. The third-order valence-corrected chi connectivity index (χ3v) is 6.26. The van der Waals surface area contributed by atoms with Crippen LogP contribution in [0.4, 0.5) is 10.1 Å². The summed E-state index contributed by atoms with van der Waals surface area (Å²) in [6.45, 7) is 1.32. The fraction of sp³-hybridized carbons (Fsp3) is 0.200. The van der Waals surface area contributed by atoms with Gasteiger partial charge in [-0.25, -0.2) is 12.8 Å². The fourth-order valence-corrected chi connectivity index (χ4v) is 4.58. The molecule has 0 saturated heterocycles. The number of anilines is 1. The molecule has 30 heavy (non-hydrogen) atoms. The first-order valence-corrected chi connectivity index (χ1v) is 11.3. The topological polar surface area (TPSA) is 105 Å². The van der Waals surface area contributed by atoms with E-state index in [1.165, 1.54) is 44.3 Å². The standard InChI is InChI=1S/C20H18BrFN2O5S/c1-11(25)7-8-30(27,28)24-16-10-17-14(9-15(16)21)18(20(26)23-2)19(29-17)12-3-5-13(22)6-4-12/h3-6,9-10,24H,7-8H2,1-2H3,(H,23,26). The number of furan rings is 1. The monoisotopic (exact) mass is 496 g/mol. The molecule has 3 rings (SSSR count). The number of nitrogens with one attached hydrogen (secondary N) is 2. The molecule has 158 valence electrons. The third-order valence-electron chi connectivity index (χ3n) is 4.33. The zero-order valence-corrected chi connectivity index (χ0v) is 18.5. The van der Waals surface area contributed by atoms with E-state index in [0.29, 0.717) is 15.4 Å². The molecule has 0 fully saturated rings. The predicted molar refractivity (Wildman–Crippen MR) is 115 cm³/mol. The minimum atomic E-state index is -3.77. The number of hydrogen-bond acceptors (Lipinski definition) is 5. The number of amides is 1. The predicted octanol–water partition coefficient (Wildman–Crippen LogP) is 4.08. The second-order valence-corrected chi connectivity index (χ2v) is 9.29. The van der Waals surface area contributed by atoms with Gasteiger partial charge in [-0.1, -0.05) is 0 Å². The van der Waals surface area contributed by atoms with Crippen molar-refractivity contribution in [3.8, 4) is 11.3 Å². The van der Waals surface area contributed by atoms with Crippen molar-refractivity contribution in [2.24, 2.45) is 0 Å². The van der Waals surface area contributed by atoms with Crippen molar-refractivity contribution in [1.29, 1.82) is 0 Å². The van der Waals surface area contributed by atoms with Gasteiger partial charge in [-0.2, -0.15) is 0 Å². The Morgan fingerprint density at radius 1 is 1.17 bits per heavy atom. The Bertz CT molecular complexity index is 1240. The van der Waals surface area contributed by atoms with Gasteiger partial charge >= 0.3 is 0 Å². The number of halogens is 2. The first kappa shape index (κ1) is 22.0. The highest BCUT2D eigenvalue weighted by molar-refractivity contribution is 9.10. The minimum Gasteiger partial charge on any atom is -0.455 e. The quantitative estimate of drug-likeness (QED) is 0.512. The molecule has 0 unspecified atom stereocenters. The highest BCUT2D eigenvalue weighted by Crippen LogP contribution is 2.38. The van der Waals surface area contributed by atoms with E-state index in [1.54, 1.807) is 6.07 Å². The van der Waals surface area contributed by atoms with Crippen molar-refractivity contribution >= 4 is 54.3 Å². The van der Waals surface area contributed by atoms with Crippen molar-refractivity contribution in [3.63, 3.8) is 0 Å². The summed E-state index contributed by atoms with van der Waals surface area (Å²) < 4.78 is 46.5. The second kappa shape index (κ2) is 8.57. The van der Waals surface area contributed by atoms with Gasteiger partial charge < -0.3 is 9.73 Å². The number of ketones is 1. The third kappa shape index (κ3) is 4.71. The van der Waals surface area contributed by atoms with E-state index in [-0.39, 0.29) is 40.6 Å². The lowest BCUT2D eigenvalue weighted by Crippen LogP contribution is -2.19. The molecule has 0 aliphatic rings. The van der Waals surface area contributed by atoms with Crippen LogP contribution in [0.15, 0.2) is 45.3 Å². The first-order valence-electron chi connectivity index (χ1n) is 8.85. The van der Waals surface area contributed by atoms with Crippen LogP contribution >= 0.6 is 15.9 Å². The molecule has 0 aliphatic heterocycles. The Morgan fingerprint density at radius 3 is 2.43 bits per heavy atom. The normalized spacial score (nSPS) is 11.5. The number of hydrogen-bond donors (Lipinski definition) is 2. The summed E-state index contributed by atoms with van der Waals surface area (Å²) in [6.07, 6.45) is -0.106. The van der Waals surface area contributed by atoms with E-state index in [1.807, 2.05) is 0 Å². The molecule has 0 bridgehead atoms. The Kier molecular flexibility index (Phi) is 6.27. The molecule has 1 amide bonds. The number of sulfonamides is 1. The van der Waals surface area contributed by atoms with Crippen LogP contribution in [0.25, 0.3) is 22.3 Å². The summed E-state index contributed by atoms with van der Waals surface area (Å²) >= 11 is 3.31. The molecule has 3 aromatic rings. The summed E-state index contributed by atoms with van der Waals surface area (Å²) in [7, 11) is -2.29. The van der Waals surface area contributed by atoms with Gasteiger partial charge in [0.15, 0.2) is 0 Å². The van der Waals surface area contributed by atoms with Crippen molar-refractivity contribution in [3.05, 3.63) is 52.3 Å². The van der Waals surface area contributed by atoms with Crippen LogP contribution in [-0.4, -0.2) is 32.9 Å². The van der Waals surface area contributed by atoms with Gasteiger partial charge in [-0.3, -0.25) is 14.3 Å². The van der Waals surface area contributed by atoms with Crippen molar-refractivity contribution < 1.29 is 26.8 Å². The van der Waals surface area contributed by atoms with Crippen molar-refractivity contribution in [1.82, 2.24) is 5.32 Å². The average molecular weight is 497 g/mol. The van der Waals surface area contributed by atoms with Crippen LogP contribution in [-0.2, 0) is 14.8 Å². The molecule has 1 heterocycles. The van der Waals surface area contributed by atoms with Crippen LogP contribution in [0.2, 0.25) is 0 Å². The number of carbonyl (C=O) groups is 2. The molecule has 7 nitrogen and oxygen atoms in total. The van der Waals surface area contributed by atoms with Gasteiger partial charge in [-0.05, 0) is 53.2 Å². The van der Waals surface area contributed by atoms with Crippen molar-refractivity contribution in [2.75, 3.05) is 17.5 Å². The summed E-state index contributed by atoms with van der Waals surface area (Å²) in [6, 6.07) is 8.49. The molecule has 0 atom stereocenters. The molecule has 0 saturated carbocycles. The number of fused-ring (bicyclic) bond motifs is 1. The summed E-state index contributed by atoms with van der Waals surface area (Å²) in [4.78, 5) is 23.6. The Labute approximate surface area is 180 Å². The van der Waals surface area contributed by atoms with Crippen LogP contribution < -0.4 is 10.0 Å². The fourth-order valence-electron chi connectivity index (χ4n) is 2.85. The maximum atomic E-state index is 13.3. The van der Waals surface area contributed by atoms with Gasteiger partial charge in [0.05, 0.1) is 17.0 Å². The lowest BCUT2D eigenvalue weighted by Gasteiger charge is -2.09. The van der Waals surface area contributed by atoms with Gasteiger partial charge in [0, 0.05) is 35.0 Å². The summed E-state index contributed by atoms with van der Waals surface area (Å²) in [5.74, 6) is -1.20. The van der Waals surface area contributed by atoms with Crippen LogP contribution in [0.3, 0.4) is 0 Å². The smallest absolute Gasteiger partial charge is 0.255 e. The van der Waals surface area contributed by atoms with E-state index >= 15 is 0 Å². The maximum Gasteiger partial charge on any atom is 0.255 e. The van der Waals surface area contributed by atoms with Gasteiger partial charge in [0.25, 0.3) is 5.91 Å². The maximum absolute atomic E-state index is 13.3. The van der Waals surface area contributed by atoms with Gasteiger partial charge in [-0.15, -0.1) is 0 Å². The molecule has 0 spiro atoms. The minimum absolute atomic E-state index is 0.106. The number of Topliss-reactive ketones (excluding diaryl/α,β-unsaturated/α-hetero) is 1.